The monoisotopic (exact) mass is 432 g/mol. The minimum absolute atomic E-state index is 0.0589. The van der Waals surface area contributed by atoms with Crippen molar-refractivity contribution in [1.82, 2.24) is 9.58 Å². The summed E-state index contributed by atoms with van der Waals surface area (Å²) in [7, 11) is 3.12. The van der Waals surface area contributed by atoms with Crippen LogP contribution in [-0.2, 0) is 4.74 Å². The van der Waals surface area contributed by atoms with E-state index in [4.69, 9.17) is 9.47 Å². The summed E-state index contributed by atoms with van der Waals surface area (Å²) >= 11 is 0. The molecule has 2 saturated heterocycles. The molecule has 0 amide bonds. The molecule has 1 aromatic carbocycles. The number of aliphatic hydroxyl groups excluding tert-OH is 1. The largest absolute Gasteiger partial charge is 0.467 e. The molecule has 0 radical (unpaired) electrons. The molecule has 1 aromatic heterocycles. The van der Waals surface area contributed by atoms with Gasteiger partial charge in [-0.05, 0) is 32.8 Å². The summed E-state index contributed by atoms with van der Waals surface area (Å²) in [6.07, 6.45) is 2.37. The molecule has 8 nitrogen and oxygen atoms in total. The van der Waals surface area contributed by atoms with Gasteiger partial charge in [-0.2, -0.15) is 0 Å². The number of aliphatic hydroxyl groups is 1. The topological polar surface area (TPSA) is 70.4 Å². The van der Waals surface area contributed by atoms with Crippen LogP contribution in [0.15, 0.2) is 17.1 Å². The van der Waals surface area contributed by atoms with Crippen LogP contribution < -0.4 is 20.1 Å². The molecule has 168 valence electrons. The lowest BCUT2D eigenvalue weighted by atomic mass is 10.0. The third-order valence-electron chi connectivity index (χ3n) is 7.10. The van der Waals surface area contributed by atoms with Crippen molar-refractivity contribution in [3.8, 4) is 5.75 Å². The summed E-state index contributed by atoms with van der Waals surface area (Å²) in [6.45, 7) is 7.02. The van der Waals surface area contributed by atoms with E-state index in [0.717, 1.165) is 25.9 Å². The Labute approximate surface area is 180 Å². The molecular formula is C22H29FN4O4. The van der Waals surface area contributed by atoms with Crippen LogP contribution in [0.4, 0.5) is 10.1 Å². The Morgan fingerprint density at radius 2 is 2.13 bits per heavy atom. The number of benzene rings is 1. The van der Waals surface area contributed by atoms with Gasteiger partial charge in [-0.25, -0.2) is 4.39 Å². The summed E-state index contributed by atoms with van der Waals surface area (Å²) < 4.78 is 28.2. The van der Waals surface area contributed by atoms with Crippen LogP contribution in [0.25, 0.3) is 10.9 Å². The number of pyridine rings is 1. The number of hydrogen-bond donors (Lipinski definition) is 1. The Morgan fingerprint density at radius 3 is 2.87 bits per heavy atom. The number of piperazine rings is 1. The van der Waals surface area contributed by atoms with Gasteiger partial charge in [-0.1, -0.05) is 0 Å². The van der Waals surface area contributed by atoms with E-state index in [1.807, 2.05) is 0 Å². The zero-order valence-electron chi connectivity index (χ0n) is 18.4. The van der Waals surface area contributed by atoms with Crippen molar-refractivity contribution in [2.24, 2.45) is 0 Å². The number of methoxy groups -OCH3 is 1. The van der Waals surface area contributed by atoms with Crippen LogP contribution in [0.3, 0.4) is 0 Å². The fourth-order valence-corrected chi connectivity index (χ4v) is 5.41. The number of fused-ring (bicyclic) bond motifs is 1. The van der Waals surface area contributed by atoms with E-state index in [1.54, 1.807) is 22.9 Å². The molecule has 2 aromatic rings. The number of halogens is 1. The molecule has 2 atom stereocenters. The first-order valence-electron chi connectivity index (χ1n) is 10.7. The molecule has 0 aliphatic carbocycles. The maximum absolute atomic E-state index is 15.5. The first-order chi connectivity index (χ1) is 14.7. The van der Waals surface area contributed by atoms with Gasteiger partial charge in [-0.3, -0.25) is 19.4 Å². The third kappa shape index (κ3) is 3.01. The van der Waals surface area contributed by atoms with Gasteiger partial charge in [0.25, 0.3) is 0 Å². The second-order valence-electron chi connectivity index (χ2n) is 9.35. The molecule has 9 heteroatoms. The number of rotatable bonds is 3. The Morgan fingerprint density at radius 1 is 1.35 bits per heavy atom. The molecule has 3 aliphatic heterocycles. The van der Waals surface area contributed by atoms with Crippen molar-refractivity contribution in [2.75, 3.05) is 50.4 Å². The van der Waals surface area contributed by atoms with Gasteiger partial charge in [0.1, 0.15) is 11.2 Å². The van der Waals surface area contributed by atoms with E-state index in [0.29, 0.717) is 29.5 Å². The number of hydrogen-bond acceptors (Lipinski definition) is 7. The van der Waals surface area contributed by atoms with Crippen LogP contribution in [0.2, 0.25) is 0 Å². The van der Waals surface area contributed by atoms with E-state index >= 15 is 4.39 Å². The minimum atomic E-state index is -1.39. The fourth-order valence-electron chi connectivity index (χ4n) is 5.41. The van der Waals surface area contributed by atoms with E-state index in [2.05, 4.69) is 23.6 Å². The van der Waals surface area contributed by atoms with Gasteiger partial charge in [0, 0.05) is 51.6 Å². The number of nitrogens with zero attached hydrogens (tertiary/aromatic N) is 4. The second kappa shape index (κ2) is 7.08. The highest BCUT2D eigenvalue weighted by Gasteiger charge is 2.43. The molecule has 0 spiro atoms. The zero-order chi connectivity index (χ0) is 22.1. The molecule has 5 rings (SSSR count). The van der Waals surface area contributed by atoms with Crippen molar-refractivity contribution >= 4 is 16.6 Å². The van der Waals surface area contributed by atoms with Crippen LogP contribution in [0.1, 0.15) is 38.5 Å². The average Bonchev–Trinajstić information content (AvgIpc) is 3.05. The van der Waals surface area contributed by atoms with Crippen molar-refractivity contribution < 1.29 is 19.0 Å². The Hall–Kier alpha value is -2.36. The van der Waals surface area contributed by atoms with Gasteiger partial charge in [0.15, 0.2) is 30.0 Å². The van der Waals surface area contributed by atoms with Gasteiger partial charge >= 0.3 is 0 Å². The minimum Gasteiger partial charge on any atom is -0.467 e. The lowest BCUT2D eigenvalue weighted by molar-refractivity contribution is -0.0779. The summed E-state index contributed by atoms with van der Waals surface area (Å²) in [5.41, 5.74) is 0.692. The number of aromatic nitrogens is 1. The van der Waals surface area contributed by atoms with Gasteiger partial charge in [0.05, 0.1) is 10.9 Å². The predicted molar refractivity (Wildman–Crippen MR) is 116 cm³/mol. The van der Waals surface area contributed by atoms with E-state index in [-0.39, 0.29) is 23.2 Å². The summed E-state index contributed by atoms with van der Waals surface area (Å²) in [5.74, 6) is -0.0974. The van der Waals surface area contributed by atoms with Crippen molar-refractivity contribution in [3.63, 3.8) is 0 Å². The standard InChI is InChI=1S/C22H29FN4O4/c1-22(2)6-5-13-10-25(7-8-26(13)22)18-16(23)9-14-17-20(18)31-12-24(3)27(17)11-15(19(14)28)21(29)30-4/h9,11,13,21,29H,5-8,10,12H2,1-4H3. The Bertz CT molecular complexity index is 1100. The molecule has 1 N–H and O–H groups in total. The van der Waals surface area contributed by atoms with E-state index in [9.17, 15) is 9.90 Å². The lowest BCUT2D eigenvalue weighted by Gasteiger charge is -2.44. The normalized spacial score (nSPS) is 23.7. The van der Waals surface area contributed by atoms with Crippen LogP contribution >= 0.6 is 0 Å². The summed E-state index contributed by atoms with van der Waals surface area (Å²) in [5, 5.41) is 12.1. The van der Waals surface area contributed by atoms with Crippen LogP contribution in [0, 0.1) is 5.82 Å². The number of anilines is 1. The Balaban J connectivity index is 1.65. The molecule has 4 heterocycles. The molecular weight excluding hydrogens is 403 g/mol. The molecule has 31 heavy (non-hydrogen) atoms. The van der Waals surface area contributed by atoms with Crippen LogP contribution in [-0.4, -0.2) is 66.8 Å². The maximum Gasteiger partial charge on any atom is 0.198 e. The molecule has 0 saturated carbocycles. The highest BCUT2D eigenvalue weighted by atomic mass is 19.1. The van der Waals surface area contributed by atoms with Crippen molar-refractivity contribution in [2.45, 2.75) is 44.6 Å². The smallest absolute Gasteiger partial charge is 0.198 e. The summed E-state index contributed by atoms with van der Waals surface area (Å²) in [6, 6.07) is 1.64. The first-order valence-corrected chi connectivity index (χ1v) is 10.7. The molecule has 2 fully saturated rings. The molecule has 0 bridgehead atoms. The van der Waals surface area contributed by atoms with Gasteiger partial charge in [0.2, 0.25) is 0 Å². The quantitative estimate of drug-likeness (QED) is 0.741. The van der Waals surface area contributed by atoms with E-state index < -0.39 is 17.5 Å². The number of ether oxygens (including phenoxy) is 2. The average molecular weight is 432 g/mol. The lowest BCUT2D eigenvalue weighted by Crippen LogP contribution is -2.55. The third-order valence-corrected chi connectivity index (χ3v) is 7.10. The second-order valence-corrected chi connectivity index (χ2v) is 9.35. The highest BCUT2D eigenvalue weighted by molar-refractivity contribution is 5.92. The zero-order valence-corrected chi connectivity index (χ0v) is 18.4. The molecule has 2 unspecified atom stereocenters. The van der Waals surface area contributed by atoms with Gasteiger partial charge < -0.3 is 19.5 Å². The SMILES string of the molecule is COC(O)c1cn2c3c(c(N4CCN5C(CCC5(C)C)C4)c(F)cc3c1=O)OCN2C. The fraction of sp³-hybridized carbons (Fsp3) is 0.591. The maximum atomic E-state index is 15.5. The summed E-state index contributed by atoms with van der Waals surface area (Å²) in [4.78, 5) is 17.6. The van der Waals surface area contributed by atoms with E-state index in [1.165, 1.54) is 13.2 Å². The first kappa shape index (κ1) is 20.5. The molecule has 3 aliphatic rings. The van der Waals surface area contributed by atoms with Crippen LogP contribution in [0.5, 0.6) is 5.75 Å². The van der Waals surface area contributed by atoms with Crippen molar-refractivity contribution in [3.05, 3.63) is 33.9 Å². The van der Waals surface area contributed by atoms with Gasteiger partial charge in [-0.15, -0.1) is 0 Å². The highest BCUT2D eigenvalue weighted by Crippen LogP contribution is 2.43. The Kier molecular flexibility index (Phi) is 4.69. The van der Waals surface area contributed by atoms with Crippen molar-refractivity contribution in [1.29, 1.82) is 0 Å². The predicted octanol–water partition coefficient (Wildman–Crippen LogP) is 1.76.